The molecule has 0 aliphatic rings. The van der Waals surface area contributed by atoms with E-state index >= 15 is 0 Å². The summed E-state index contributed by atoms with van der Waals surface area (Å²) in [5, 5.41) is 9.79. The highest BCUT2D eigenvalue weighted by Gasteiger charge is 2.16. The van der Waals surface area contributed by atoms with Crippen LogP contribution >= 0.6 is 11.3 Å². The molecule has 1 aromatic carbocycles. The molecule has 0 amide bonds. The van der Waals surface area contributed by atoms with E-state index in [1.807, 2.05) is 19.1 Å². The average Bonchev–Trinajstić information content (AvgIpc) is 2.80. The summed E-state index contributed by atoms with van der Waals surface area (Å²) < 4.78 is 10.9. The predicted molar refractivity (Wildman–Crippen MR) is 75.8 cm³/mol. The Morgan fingerprint density at radius 1 is 1.25 bits per heavy atom. The second-order valence-electron chi connectivity index (χ2n) is 4.01. The summed E-state index contributed by atoms with van der Waals surface area (Å²) in [6.45, 7) is 4.44. The predicted octanol–water partition coefficient (Wildman–Crippen LogP) is 3.13. The van der Waals surface area contributed by atoms with Crippen molar-refractivity contribution in [2.45, 2.75) is 20.5 Å². The highest BCUT2D eigenvalue weighted by atomic mass is 32.1. The summed E-state index contributed by atoms with van der Waals surface area (Å²) in [5.74, 6) is 0.451. The Labute approximate surface area is 120 Å². The van der Waals surface area contributed by atoms with E-state index in [2.05, 4.69) is 4.98 Å². The van der Waals surface area contributed by atoms with Crippen LogP contribution in [0.2, 0.25) is 0 Å². The van der Waals surface area contributed by atoms with Crippen molar-refractivity contribution < 1.29 is 19.4 Å². The Morgan fingerprint density at radius 3 is 2.40 bits per heavy atom. The Morgan fingerprint density at radius 2 is 1.85 bits per heavy atom. The number of thiazole rings is 1. The highest BCUT2D eigenvalue weighted by Crippen LogP contribution is 2.22. The number of nitrogens with zero attached hydrogens (tertiary/aromatic N) is 1. The van der Waals surface area contributed by atoms with Crippen molar-refractivity contribution in [1.82, 2.24) is 4.98 Å². The van der Waals surface area contributed by atoms with Crippen LogP contribution in [-0.2, 0) is 6.61 Å². The summed E-state index contributed by atoms with van der Waals surface area (Å²) in [6.07, 6.45) is 0. The molecule has 0 fully saturated rings. The van der Waals surface area contributed by atoms with E-state index in [9.17, 15) is 4.79 Å². The molecule has 2 aromatic rings. The lowest BCUT2D eigenvalue weighted by Gasteiger charge is -2.07. The smallest absolute Gasteiger partial charge is 0.347 e. The van der Waals surface area contributed by atoms with Gasteiger partial charge in [0.15, 0.2) is 0 Å². The summed E-state index contributed by atoms with van der Waals surface area (Å²) >= 11 is 1.16. The van der Waals surface area contributed by atoms with E-state index in [4.69, 9.17) is 14.6 Å². The molecule has 0 unspecified atom stereocenters. The first-order valence-electron chi connectivity index (χ1n) is 6.15. The van der Waals surface area contributed by atoms with Gasteiger partial charge in [0.05, 0.1) is 11.6 Å². The van der Waals surface area contributed by atoms with Crippen LogP contribution in [0.1, 0.15) is 27.3 Å². The Bertz CT molecular complexity index is 592. The number of carboxylic acids is 1. The van der Waals surface area contributed by atoms with E-state index in [0.717, 1.165) is 17.1 Å². The summed E-state index contributed by atoms with van der Waals surface area (Å²) in [5.41, 5.74) is 0.453. The van der Waals surface area contributed by atoms with Gasteiger partial charge in [-0.15, -0.1) is 11.3 Å². The summed E-state index contributed by atoms with van der Waals surface area (Å²) in [6, 6.07) is 7.18. The van der Waals surface area contributed by atoms with Crippen molar-refractivity contribution in [1.29, 1.82) is 0 Å². The van der Waals surface area contributed by atoms with Crippen molar-refractivity contribution >= 4 is 17.3 Å². The number of hydrogen-bond acceptors (Lipinski definition) is 5. The van der Waals surface area contributed by atoms with Gasteiger partial charge in [0.1, 0.15) is 28.7 Å². The van der Waals surface area contributed by atoms with Crippen LogP contribution in [0.15, 0.2) is 24.3 Å². The molecule has 0 saturated carbocycles. The van der Waals surface area contributed by atoms with Gasteiger partial charge in [-0.1, -0.05) is 0 Å². The molecule has 0 spiro atoms. The molecular formula is C14H15NO4S. The minimum Gasteiger partial charge on any atom is -0.494 e. The largest absolute Gasteiger partial charge is 0.494 e. The molecule has 106 valence electrons. The van der Waals surface area contributed by atoms with Gasteiger partial charge in [-0.05, 0) is 38.1 Å². The van der Waals surface area contributed by atoms with Crippen LogP contribution < -0.4 is 9.47 Å². The molecule has 0 bridgehead atoms. The molecule has 0 aliphatic carbocycles. The van der Waals surface area contributed by atoms with Crippen molar-refractivity contribution in [2.24, 2.45) is 0 Å². The quantitative estimate of drug-likeness (QED) is 0.886. The lowest BCUT2D eigenvalue weighted by Crippen LogP contribution is -2.03. The minimum atomic E-state index is -0.971. The molecule has 1 heterocycles. The first-order chi connectivity index (χ1) is 9.60. The van der Waals surface area contributed by atoms with Gasteiger partial charge in [-0.25, -0.2) is 9.78 Å². The first-order valence-corrected chi connectivity index (χ1v) is 6.97. The van der Waals surface area contributed by atoms with E-state index in [-0.39, 0.29) is 11.5 Å². The van der Waals surface area contributed by atoms with E-state index < -0.39 is 5.97 Å². The van der Waals surface area contributed by atoms with Crippen LogP contribution in [0.5, 0.6) is 11.5 Å². The second-order valence-corrected chi connectivity index (χ2v) is 5.21. The van der Waals surface area contributed by atoms with Gasteiger partial charge in [0, 0.05) is 0 Å². The fourth-order valence-corrected chi connectivity index (χ4v) is 2.45. The Hall–Kier alpha value is -2.08. The van der Waals surface area contributed by atoms with E-state index in [1.54, 1.807) is 19.1 Å². The first kappa shape index (κ1) is 14.3. The number of aromatic carboxylic acids is 1. The zero-order valence-corrected chi connectivity index (χ0v) is 12.1. The van der Waals surface area contributed by atoms with Crippen LogP contribution in [0.4, 0.5) is 0 Å². The molecule has 5 nitrogen and oxygen atoms in total. The Balaban J connectivity index is 2.03. The number of aromatic nitrogens is 1. The summed E-state index contributed by atoms with van der Waals surface area (Å²) in [4.78, 5) is 15.5. The van der Waals surface area contributed by atoms with Gasteiger partial charge in [-0.2, -0.15) is 0 Å². The molecule has 6 heteroatoms. The molecule has 1 N–H and O–H groups in total. The normalized spacial score (nSPS) is 10.3. The summed E-state index contributed by atoms with van der Waals surface area (Å²) in [7, 11) is 0. The highest BCUT2D eigenvalue weighted by molar-refractivity contribution is 7.13. The third-order valence-corrected chi connectivity index (χ3v) is 3.51. The van der Waals surface area contributed by atoms with Crippen molar-refractivity contribution in [3.8, 4) is 11.5 Å². The number of carbonyl (C=O) groups is 1. The zero-order valence-electron chi connectivity index (χ0n) is 11.3. The van der Waals surface area contributed by atoms with Gasteiger partial charge in [-0.3, -0.25) is 0 Å². The minimum absolute atomic E-state index is 0.139. The standard InChI is InChI=1S/C14H15NO4S/c1-3-18-10-4-6-11(7-5-10)19-8-12-13(14(16)17)20-9(2)15-12/h4-7H,3,8H2,1-2H3,(H,16,17). The molecule has 2 rings (SSSR count). The maximum Gasteiger partial charge on any atom is 0.347 e. The van der Waals surface area contributed by atoms with E-state index in [0.29, 0.717) is 23.1 Å². The van der Waals surface area contributed by atoms with Crippen molar-refractivity contribution in [3.05, 3.63) is 39.8 Å². The SMILES string of the molecule is CCOc1ccc(OCc2nc(C)sc2C(=O)O)cc1. The molecule has 0 saturated heterocycles. The van der Waals surface area contributed by atoms with Gasteiger partial charge in [0.25, 0.3) is 0 Å². The van der Waals surface area contributed by atoms with Crippen LogP contribution in [0, 0.1) is 6.92 Å². The number of benzene rings is 1. The van der Waals surface area contributed by atoms with Crippen LogP contribution in [-0.4, -0.2) is 22.7 Å². The molecule has 0 aliphatic heterocycles. The van der Waals surface area contributed by atoms with Crippen molar-refractivity contribution in [2.75, 3.05) is 6.61 Å². The number of hydrogen-bond donors (Lipinski definition) is 1. The topological polar surface area (TPSA) is 68.7 Å². The Kier molecular flexibility index (Phi) is 4.57. The fraction of sp³-hybridized carbons (Fsp3) is 0.286. The molecular weight excluding hydrogens is 278 g/mol. The van der Waals surface area contributed by atoms with Crippen LogP contribution in [0.3, 0.4) is 0 Å². The number of aryl methyl sites for hydroxylation is 1. The number of ether oxygens (including phenoxy) is 2. The average molecular weight is 293 g/mol. The molecule has 20 heavy (non-hydrogen) atoms. The maximum atomic E-state index is 11.1. The number of rotatable bonds is 6. The third kappa shape index (κ3) is 3.48. The van der Waals surface area contributed by atoms with Gasteiger partial charge in [0.2, 0.25) is 0 Å². The molecule has 0 atom stereocenters. The fourth-order valence-electron chi connectivity index (χ4n) is 1.69. The third-order valence-electron chi connectivity index (χ3n) is 2.51. The molecule has 1 aromatic heterocycles. The maximum absolute atomic E-state index is 11.1. The van der Waals surface area contributed by atoms with Crippen LogP contribution in [0.25, 0.3) is 0 Å². The van der Waals surface area contributed by atoms with E-state index in [1.165, 1.54) is 0 Å². The lowest BCUT2D eigenvalue weighted by atomic mass is 10.3. The monoisotopic (exact) mass is 293 g/mol. The van der Waals surface area contributed by atoms with Crippen molar-refractivity contribution in [3.63, 3.8) is 0 Å². The second kappa shape index (κ2) is 6.38. The van der Waals surface area contributed by atoms with Gasteiger partial charge < -0.3 is 14.6 Å². The molecule has 0 radical (unpaired) electrons. The van der Waals surface area contributed by atoms with Gasteiger partial charge >= 0.3 is 5.97 Å². The zero-order chi connectivity index (χ0) is 14.5. The number of carboxylic acid groups (broad SMARTS) is 1. The lowest BCUT2D eigenvalue weighted by molar-refractivity contribution is 0.0699.